The SMILES string of the molecule is COC(CNC(=O)C1CNC1)c1cccc(Cl)c1. The van der Waals surface area contributed by atoms with Gasteiger partial charge in [0.1, 0.15) is 0 Å². The van der Waals surface area contributed by atoms with Gasteiger partial charge in [0, 0.05) is 31.8 Å². The number of nitrogens with one attached hydrogen (secondary N) is 2. The van der Waals surface area contributed by atoms with Crippen molar-refractivity contribution in [2.75, 3.05) is 26.7 Å². The minimum absolute atomic E-state index is 0.0813. The van der Waals surface area contributed by atoms with Crippen molar-refractivity contribution in [1.29, 1.82) is 0 Å². The van der Waals surface area contributed by atoms with Crippen molar-refractivity contribution < 1.29 is 9.53 Å². The van der Waals surface area contributed by atoms with Crippen molar-refractivity contribution in [1.82, 2.24) is 10.6 Å². The van der Waals surface area contributed by atoms with E-state index in [2.05, 4.69) is 10.6 Å². The number of carbonyl (C=O) groups excluding carboxylic acids is 1. The van der Waals surface area contributed by atoms with Crippen LogP contribution < -0.4 is 10.6 Å². The summed E-state index contributed by atoms with van der Waals surface area (Å²) in [7, 11) is 1.63. The summed E-state index contributed by atoms with van der Waals surface area (Å²) in [5.41, 5.74) is 0.969. The van der Waals surface area contributed by atoms with Gasteiger partial charge in [0.15, 0.2) is 0 Å². The number of carbonyl (C=O) groups is 1. The summed E-state index contributed by atoms with van der Waals surface area (Å²) >= 11 is 5.94. The molecular formula is C13H17ClN2O2. The molecule has 4 nitrogen and oxygen atoms in total. The molecule has 0 radical (unpaired) electrons. The van der Waals surface area contributed by atoms with Gasteiger partial charge < -0.3 is 15.4 Å². The van der Waals surface area contributed by atoms with Gasteiger partial charge >= 0.3 is 0 Å². The van der Waals surface area contributed by atoms with Gasteiger partial charge in [-0.25, -0.2) is 0 Å². The van der Waals surface area contributed by atoms with E-state index in [0.717, 1.165) is 18.7 Å². The van der Waals surface area contributed by atoms with Crippen molar-refractivity contribution in [2.45, 2.75) is 6.10 Å². The maximum atomic E-state index is 11.7. The van der Waals surface area contributed by atoms with Crippen molar-refractivity contribution >= 4 is 17.5 Å². The summed E-state index contributed by atoms with van der Waals surface area (Å²) < 4.78 is 5.38. The smallest absolute Gasteiger partial charge is 0.225 e. The molecule has 1 aliphatic rings. The highest BCUT2D eigenvalue weighted by atomic mass is 35.5. The maximum Gasteiger partial charge on any atom is 0.225 e. The lowest BCUT2D eigenvalue weighted by atomic mass is 10.0. The predicted molar refractivity (Wildman–Crippen MR) is 70.6 cm³/mol. The van der Waals surface area contributed by atoms with Crippen LogP contribution in [0.1, 0.15) is 11.7 Å². The second-order valence-electron chi connectivity index (χ2n) is 4.38. The first-order valence-electron chi connectivity index (χ1n) is 5.97. The molecule has 2 N–H and O–H groups in total. The minimum atomic E-state index is -0.166. The zero-order valence-corrected chi connectivity index (χ0v) is 11.0. The lowest BCUT2D eigenvalue weighted by Gasteiger charge is -2.26. The summed E-state index contributed by atoms with van der Waals surface area (Å²) in [4.78, 5) is 11.7. The van der Waals surface area contributed by atoms with E-state index in [9.17, 15) is 4.79 Å². The highest BCUT2D eigenvalue weighted by molar-refractivity contribution is 6.30. The van der Waals surface area contributed by atoms with Gasteiger partial charge in [-0.15, -0.1) is 0 Å². The van der Waals surface area contributed by atoms with Gasteiger partial charge in [0.2, 0.25) is 5.91 Å². The Morgan fingerprint density at radius 3 is 2.94 bits per heavy atom. The van der Waals surface area contributed by atoms with Crippen LogP contribution in [0, 0.1) is 5.92 Å². The van der Waals surface area contributed by atoms with Gasteiger partial charge in [-0.05, 0) is 17.7 Å². The van der Waals surface area contributed by atoms with E-state index >= 15 is 0 Å². The largest absolute Gasteiger partial charge is 0.375 e. The van der Waals surface area contributed by atoms with E-state index in [0.29, 0.717) is 11.6 Å². The first kappa shape index (κ1) is 13.3. The second-order valence-corrected chi connectivity index (χ2v) is 4.82. The topological polar surface area (TPSA) is 50.4 Å². The standard InChI is InChI=1S/C13H17ClN2O2/c1-18-12(9-3-2-4-11(14)5-9)8-16-13(17)10-6-15-7-10/h2-5,10,12,15H,6-8H2,1H3,(H,16,17). The number of ether oxygens (including phenoxy) is 1. The molecule has 1 unspecified atom stereocenters. The van der Waals surface area contributed by atoms with Crippen LogP contribution in [0.4, 0.5) is 0 Å². The first-order chi connectivity index (χ1) is 8.70. The third kappa shape index (κ3) is 3.22. The van der Waals surface area contributed by atoms with Gasteiger partial charge in [-0.2, -0.15) is 0 Å². The lowest BCUT2D eigenvalue weighted by Crippen LogP contribution is -2.51. The Bertz CT molecular complexity index is 421. The average molecular weight is 269 g/mol. The van der Waals surface area contributed by atoms with E-state index in [1.165, 1.54) is 0 Å². The molecule has 1 aromatic rings. The Kier molecular flexibility index (Phi) is 4.58. The third-order valence-electron chi connectivity index (χ3n) is 3.12. The Labute approximate surface area is 112 Å². The zero-order valence-electron chi connectivity index (χ0n) is 10.3. The van der Waals surface area contributed by atoms with Crippen LogP contribution in [0.15, 0.2) is 24.3 Å². The molecule has 1 amide bonds. The number of hydrogen-bond acceptors (Lipinski definition) is 3. The second kappa shape index (κ2) is 6.18. The zero-order chi connectivity index (χ0) is 13.0. The number of benzene rings is 1. The lowest BCUT2D eigenvalue weighted by molar-refractivity contribution is -0.127. The summed E-state index contributed by atoms with van der Waals surface area (Å²) in [6, 6.07) is 7.49. The average Bonchev–Trinajstić information content (AvgIpc) is 2.27. The fraction of sp³-hybridized carbons (Fsp3) is 0.462. The van der Waals surface area contributed by atoms with Crippen LogP contribution in [0.2, 0.25) is 5.02 Å². The molecule has 98 valence electrons. The number of halogens is 1. The van der Waals surface area contributed by atoms with Crippen molar-refractivity contribution in [3.8, 4) is 0 Å². The van der Waals surface area contributed by atoms with Crippen molar-refractivity contribution in [3.63, 3.8) is 0 Å². The molecule has 1 aromatic carbocycles. The van der Waals surface area contributed by atoms with Crippen LogP contribution in [-0.2, 0) is 9.53 Å². The summed E-state index contributed by atoms with van der Waals surface area (Å²) in [5, 5.41) is 6.65. The minimum Gasteiger partial charge on any atom is -0.375 e. The molecule has 2 rings (SSSR count). The Morgan fingerprint density at radius 1 is 1.61 bits per heavy atom. The molecule has 18 heavy (non-hydrogen) atoms. The summed E-state index contributed by atoms with van der Waals surface area (Å²) in [6.45, 7) is 1.99. The van der Waals surface area contributed by atoms with Crippen LogP contribution in [0.5, 0.6) is 0 Å². The number of hydrogen-bond donors (Lipinski definition) is 2. The third-order valence-corrected chi connectivity index (χ3v) is 3.35. The normalized spacial score (nSPS) is 17.0. The van der Waals surface area contributed by atoms with Crippen LogP contribution >= 0.6 is 11.6 Å². The van der Waals surface area contributed by atoms with Gasteiger partial charge in [0.25, 0.3) is 0 Å². The number of rotatable bonds is 5. The molecule has 5 heteroatoms. The molecule has 1 saturated heterocycles. The van der Waals surface area contributed by atoms with Crippen LogP contribution in [0.25, 0.3) is 0 Å². The molecule has 1 aliphatic heterocycles. The van der Waals surface area contributed by atoms with E-state index < -0.39 is 0 Å². The Balaban J connectivity index is 1.90. The van der Waals surface area contributed by atoms with E-state index in [-0.39, 0.29) is 17.9 Å². The summed E-state index contributed by atoms with van der Waals surface area (Å²) in [5.74, 6) is 0.180. The van der Waals surface area contributed by atoms with Gasteiger partial charge in [-0.3, -0.25) is 4.79 Å². The molecular weight excluding hydrogens is 252 g/mol. The fourth-order valence-corrected chi connectivity index (χ4v) is 2.05. The monoisotopic (exact) mass is 268 g/mol. The molecule has 1 heterocycles. The van der Waals surface area contributed by atoms with E-state index in [4.69, 9.17) is 16.3 Å². The van der Waals surface area contributed by atoms with Gasteiger partial charge in [-0.1, -0.05) is 23.7 Å². The molecule has 0 bridgehead atoms. The molecule has 1 fully saturated rings. The quantitative estimate of drug-likeness (QED) is 0.848. The molecule has 0 aliphatic carbocycles. The molecule has 0 spiro atoms. The maximum absolute atomic E-state index is 11.7. The van der Waals surface area contributed by atoms with Crippen LogP contribution in [-0.4, -0.2) is 32.7 Å². The number of amides is 1. The van der Waals surface area contributed by atoms with E-state index in [1.54, 1.807) is 7.11 Å². The first-order valence-corrected chi connectivity index (χ1v) is 6.35. The van der Waals surface area contributed by atoms with E-state index in [1.807, 2.05) is 24.3 Å². The molecule has 0 aromatic heterocycles. The highest BCUT2D eigenvalue weighted by Crippen LogP contribution is 2.19. The fourth-order valence-electron chi connectivity index (χ4n) is 1.86. The summed E-state index contributed by atoms with van der Waals surface area (Å²) in [6.07, 6.45) is -0.166. The molecule has 0 saturated carbocycles. The number of methoxy groups -OCH3 is 1. The highest BCUT2D eigenvalue weighted by Gasteiger charge is 2.25. The van der Waals surface area contributed by atoms with Crippen molar-refractivity contribution in [2.24, 2.45) is 5.92 Å². The van der Waals surface area contributed by atoms with Crippen molar-refractivity contribution in [3.05, 3.63) is 34.9 Å². The van der Waals surface area contributed by atoms with Crippen LogP contribution in [0.3, 0.4) is 0 Å². The molecule has 1 atom stereocenters. The Hall–Kier alpha value is -1.10. The van der Waals surface area contributed by atoms with Gasteiger partial charge in [0.05, 0.1) is 12.0 Å². The predicted octanol–water partition coefficient (Wildman–Crippen LogP) is 1.36. The Morgan fingerprint density at radius 2 is 2.39 bits per heavy atom.